The Morgan fingerprint density at radius 1 is 1.25 bits per heavy atom. The van der Waals surface area contributed by atoms with Crippen molar-refractivity contribution in [2.45, 2.75) is 31.7 Å². The number of anilines is 1. The third-order valence-electron chi connectivity index (χ3n) is 3.46. The van der Waals surface area contributed by atoms with Gasteiger partial charge in [0.05, 0.1) is 0 Å². The minimum atomic E-state index is 0.134. The molecule has 0 atom stereocenters. The Kier molecular flexibility index (Phi) is 3.13. The van der Waals surface area contributed by atoms with Crippen molar-refractivity contribution in [2.24, 2.45) is 5.73 Å². The summed E-state index contributed by atoms with van der Waals surface area (Å²) in [5.74, 6) is 0.134. The van der Waals surface area contributed by atoms with Crippen molar-refractivity contribution in [3.63, 3.8) is 0 Å². The first-order valence-corrected chi connectivity index (χ1v) is 5.86. The molecule has 0 unspecified atom stereocenters. The smallest absolute Gasteiger partial charge is 0.122 e. The maximum absolute atomic E-state index is 7.34. The van der Waals surface area contributed by atoms with Crippen LogP contribution in [0.1, 0.15) is 31.2 Å². The Labute approximate surface area is 96.8 Å². The Morgan fingerprint density at radius 2 is 1.81 bits per heavy atom. The molecule has 1 aliphatic rings. The van der Waals surface area contributed by atoms with Crippen molar-refractivity contribution in [1.82, 2.24) is 0 Å². The zero-order valence-electron chi connectivity index (χ0n) is 9.74. The number of hydrogen-bond donors (Lipinski definition) is 2. The first-order valence-electron chi connectivity index (χ1n) is 5.86. The molecular weight excluding hydrogens is 198 g/mol. The predicted octanol–water partition coefficient (Wildman–Crippen LogP) is 2.35. The molecule has 2 rings (SSSR count). The minimum absolute atomic E-state index is 0.134. The number of hydrogen-bond acceptors (Lipinski definition) is 2. The van der Waals surface area contributed by atoms with E-state index in [0.717, 1.165) is 5.56 Å². The third kappa shape index (κ3) is 2.18. The number of nitrogens with zero attached hydrogens (tertiary/aromatic N) is 1. The minimum Gasteiger partial charge on any atom is -0.384 e. The molecule has 86 valence electrons. The number of amidine groups is 1. The van der Waals surface area contributed by atoms with Crippen molar-refractivity contribution in [2.75, 3.05) is 11.9 Å². The predicted molar refractivity (Wildman–Crippen MR) is 68.1 cm³/mol. The summed E-state index contributed by atoms with van der Waals surface area (Å²) in [6.45, 7) is 0. The van der Waals surface area contributed by atoms with Crippen molar-refractivity contribution < 1.29 is 0 Å². The lowest BCUT2D eigenvalue weighted by atomic mass is 10.1. The van der Waals surface area contributed by atoms with Gasteiger partial charge in [-0.3, -0.25) is 5.41 Å². The van der Waals surface area contributed by atoms with Crippen LogP contribution in [0.15, 0.2) is 24.3 Å². The fraction of sp³-hybridized carbons (Fsp3) is 0.462. The van der Waals surface area contributed by atoms with Gasteiger partial charge in [-0.05, 0) is 37.1 Å². The standard InChI is InChI=1S/C13H19N3/c1-16(11-4-2-3-5-11)12-8-6-10(7-9-12)13(14)15/h6-9,11H,2-5H2,1H3,(H3,14,15). The number of nitrogens with two attached hydrogens (primary N) is 1. The molecule has 16 heavy (non-hydrogen) atoms. The molecule has 1 fully saturated rings. The fourth-order valence-electron chi connectivity index (χ4n) is 2.38. The maximum Gasteiger partial charge on any atom is 0.122 e. The molecule has 0 aliphatic heterocycles. The number of nitrogen functional groups attached to an aromatic ring is 1. The van der Waals surface area contributed by atoms with Gasteiger partial charge in [-0.15, -0.1) is 0 Å². The molecule has 3 N–H and O–H groups in total. The van der Waals surface area contributed by atoms with E-state index in [1.807, 2.05) is 12.1 Å². The zero-order valence-corrected chi connectivity index (χ0v) is 9.74. The second-order valence-electron chi connectivity index (χ2n) is 4.51. The molecule has 0 bridgehead atoms. The van der Waals surface area contributed by atoms with Crippen LogP contribution in [0.4, 0.5) is 5.69 Å². The molecule has 0 saturated heterocycles. The van der Waals surface area contributed by atoms with Gasteiger partial charge in [0.2, 0.25) is 0 Å². The molecule has 3 heteroatoms. The Bertz CT molecular complexity index is 363. The number of rotatable bonds is 3. The van der Waals surface area contributed by atoms with Crippen LogP contribution in [0.3, 0.4) is 0 Å². The third-order valence-corrected chi connectivity index (χ3v) is 3.46. The van der Waals surface area contributed by atoms with Gasteiger partial charge in [0.25, 0.3) is 0 Å². The highest BCUT2D eigenvalue weighted by atomic mass is 15.1. The van der Waals surface area contributed by atoms with Crippen LogP contribution in [-0.2, 0) is 0 Å². The summed E-state index contributed by atoms with van der Waals surface area (Å²) in [4.78, 5) is 2.34. The van der Waals surface area contributed by atoms with Crippen molar-refractivity contribution in [1.29, 1.82) is 5.41 Å². The second-order valence-corrected chi connectivity index (χ2v) is 4.51. The van der Waals surface area contributed by atoms with E-state index >= 15 is 0 Å². The van der Waals surface area contributed by atoms with Gasteiger partial charge < -0.3 is 10.6 Å². The summed E-state index contributed by atoms with van der Waals surface area (Å²) in [5, 5.41) is 7.34. The molecular formula is C13H19N3. The van der Waals surface area contributed by atoms with Crippen LogP contribution in [0.2, 0.25) is 0 Å². The highest BCUT2D eigenvalue weighted by Crippen LogP contribution is 2.26. The Hall–Kier alpha value is -1.51. The van der Waals surface area contributed by atoms with Gasteiger partial charge in [-0.2, -0.15) is 0 Å². The van der Waals surface area contributed by atoms with Crippen LogP contribution in [-0.4, -0.2) is 18.9 Å². The first-order chi connectivity index (χ1) is 7.68. The summed E-state index contributed by atoms with van der Waals surface area (Å²) in [5.41, 5.74) is 7.45. The van der Waals surface area contributed by atoms with E-state index in [-0.39, 0.29) is 5.84 Å². The monoisotopic (exact) mass is 217 g/mol. The summed E-state index contributed by atoms with van der Waals surface area (Å²) in [6, 6.07) is 8.62. The molecule has 0 heterocycles. The number of benzene rings is 1. The normalized spacial score (nSPS) is 16.3. The van der Waals surface area contributed by atoms with Gasteiger partial charge in [0.15, 0.2) is 0 Å². The topological polar surface area (TPSA) is 53.1 Å². The molecule has 1 saturated carbocycles. The molecule has 1 aliphatic carbocycles. The quantitative estimate of drug-likeness (QED) is 0.603. The largest absolute Gasteiger partial charge is 0.384 e. The van der Waals surface area contributed by atoms with Crippen LogP contribution < -0.4 is 10.6 Å². The van der Waals surface area contributed by atoms with E-state index < -0.39 is 0 Å². The molecule has 0 radical (unpaired) electrons. The van der Waals surface area contributed by atoms with Crippen molar-refractivity contribution in [3.05, 3.63) is 29.8 Å². The lowest BCUT2D eigenvalue weighted by Gasteiger charge is -2.26. The van der Waals surface area contributed by atoms with Gasteiger partial charge in [0, 0.05) is 24.3 Å². The summed E-state index contributed by atoms with van der Waals surface area (Å²) in [7, 11) is 2.15. The molecule has 0 amide bonds. The maximum atomic E-state index is 7.34. The van der Waals surface area contributed by atoms with E-state index in [1.54, 1.807) is 0 Å². The molecule has 1 aromatic rings. The fourth-order valence-corrected chi connectivity index (χ4v) is 2.38. The van der Waals surface area contributed by atoms with Gasteiger partial charge in [0.1, 0.15) is 5.84 Å². The lowest BCUT2D eigenvalue weighted by Crippen LogP contribution is -2.28. The highest BCUT2D eigenvalue weighted by Gasteiger charge is 2.19. The molecule has 0 aromatic heterocycles. The molecule has 0 spiro atoms. The summed E-state index contributed by atoms with van der Waals surface area (Å²) < 4.78 is 0. The van der Waals surface area contributed by atoms with Crippen LogP contribution in [0.25, 0.3) is 0 Å². The highest BCUT2D eigenvalue weighted by molar-refractivity contribution is 5.95. The van der Waals surface area contributed by atoms with Crippen molar-refractivity contribution >= 4 is 11.5 Å². The van der Waals surface area contributed by atoms with E-state index in [9.17, 15) is 0 Å². The first kappa shape index (κ1) is 11.0. The van der Waals surface area contributed by atoms with Crippen LogP contribution >= 0.6 is 0 Å². The van der Waals surface area contributed by atoms with Gasteiger partial charge in [-0.25, -0.2) is 0 Å². The average Bonchev–Trinajstić information content (AvgIpc) is 2.81. The van der Waals surface area contributed by atoms with E-state index in [1.165, 1.54) is 31.4 Å². The lowest BCUT2D eigenvalue weighted by molar-refractivity contribution is 0.653. The number of nitrogens with one attached hydrogen (secondary N) is 1. The van der Waals surface area contributed by atoms with E-state index in [0.29, 0.717) is 6.04 Å². The van der Waals surface area contributed by atoms with Gasteiger partial charge >= 0.3 is 0 Å². The molecule has 3 nitrogen and oxygen atoms in total. The second kappa shape index (κ2) is 4.56. The Balaban J connectivity index is 2.11. The Morgan fingerprint density at radius 3 is 2.31 bits per heavy atom. The van der Waals surface area contributed by atoms with Crippen molar-refractivity contribution in [3.8, 4) is 0 Å². The summed E-state index contributed by atoms with van der Waals surface area (Å²) >= 11 is 0. The van der Waals surface area contributed by atoms with Crippen LogP contribution in [0.5, 0.6) is 0 Å². The summed E-state index contributed by atoms with van der Waals surface area (Å²) in [6.07, 6.45) is 5.29. The SMILES string of the molecule is CN(c1ccc(C(=N)N)cc1)C1CCCC1. The van der Waals surface area contributed by atoms with Gasteiger partial charge in [-0.1, -0.05) is 12.8 Å². The average molecular weight is 217 g/mol. The van der Waals surface area contributed by atoms with E-state index in [4.69, 9.17) is 11.1 Å². The van der Waals surface area contributed by atoms with E-state index in [2.05, 4.69) is 24.1 Å². The zero-order chi connectivity index (χ0) is 11.5. The molecule has 1 aromatic carbocycles. The van der Waals surface area contributed by atoms with Crippen LogP contribution in [0, 0.1) is 5.41 Å².